The summed E-state index contributed by atoms with van der Waals surface area (Å²) in [5, 5.41) is 2.69. The van der Waals surface area contributed by atoms with Crippen molar-refractivity contribution in [3.8, 4) is 5.75 Å². The lowest BCUT2D eigenvalue weighted by Gasteiger charge is -2.12. The Hall–Kier alpha value is -3.08. The van der Waals surface area contributed by atoms with Crippen molar-refractivity contribution >= 4 is 23.6 Å². The Balaban J connectivity index is 1.84. The van der Waals surface area contributed by atoms with Gasteiger partial charge in [0.1, 0.15) is 5.75 Å². The Kier molecular flexibility index (Phi) is 6.77. The van der Waals surface area contributed by atoms with Crippen LogP contribution in [0.15, 0.2) is 60.7 Å². The molecule has 1 N–H and O–H groups in total. The summed E-state index contributed by atoms with van der Waals surface area (Å²) in [6.07, 6.45) is 2.04. The average Bonchev–Trinajstić information content (AvgIpc) is 2.62. The summed E-state index contributed by atoms with van der Waals surface area (Å²) in [5.74, 6) is -0.241. The van der Waals surface area contributed by atoms with Crippen LogP contribution in [-0.4, -0.2) is 24.6 Å². The average molecular weight is 339 g/mol. The number of ether oxygens (including phenoxy) is 2. The molecule has 0 bridgehead atoms. The Morgan fingerprint density at radius 3 is 2.40 bits per heavy atom. The highest BCUT2D eigenvalue weighted by Gasteiger charge is 2.16. The minimum absolute atomic E-state index is 0.398. The fourth-order valence-corrected chi connectivity index (χ4v) is 2.04. The van der Waals surface area contributed by atoms with Gasteiger partial charge in [0.2, 0.25) is 0 Å². The summed E-state index contributed by atoms with van der Waals surface area (Å²) in [7, 11) is 0. The molecule has 0 spiro atoms. The van der Waals surface area contributed by atoms with Gasteiger partial charge in [0.05, 0.1) is 6.61 Å². The van der Waals surface area contributed by atoms with Gasteiger partial charge in [-0.3, -0.25) is 4.79 Å². The van der Waals surface area contributed by atoms with Gasteiger partial charge in [-0.15, -0.1) is 0 Å². The zero-order chi connectivity index (χ0) is 18.1. The third-order valence-corrected chi connectivity index (χ3v) is 3.31. The summed E-state index contributed by atoms with van der Waals surface area (Å²) in [5.41, 5.74) is 1.49. The molecular weight excluding hydrogens is 318 g/mol. The molecule has 0 fully saturated rings. The van der Waals surface area contributed by atoms with Gasteiger partial charge in [-0.1, -0.05) is 30.3 Å². The number of esters is 1. The van der Waals surface area contributed by atoms with Crippen LogP contribution in [0.25, 0.3) is 6.08 Å². The van der Waals surface area contributed by atoms with Crippen LogP contribution in [0.3, 0.4) is 0 Å². The summed E-state index contributed by atoms with van der Waals surface area (Å²) in [6.45, 7) is 4.01. The van der Waals surface area contributed by atoms with E-state index in [9.17, 15) is 9.59 Å². The highest BCUT2D eigenvalue weighted by atomic mass is 16.5. The largest absolute Gasteiger partial charge is 0.494 e. The van der Waals surface area contributed by atoms with Crippen molar-refractivity contribution in [2.45, 2.75) is 20.0 Å². The molecular formula is C20H21NO4. The second-order valence-corrected chi connectivity index (χ2v) is 5.27. The van der Waals surface area contributed by atoms with E-state index in [2.05, 4.69) is 5.32 Å². The predicted molar refractivity (Wildman–Crippen MR) is 97.3 cm³/mol. The molecule has 5 heteroatoms. The van der Waals surface area contributed by atoms with Gasteiger partial charge in [-0.2, -0.15) is 0 Å². The zero-order valence-electron chi connectivity index (χ0n) is 14.3. The standard InChI is InChI=1S/C20H21NO4/c1-3-24-18-12-10-17(11-13-18)21-20(23)15(2)25-19(22)14-9-16-7-5-4-6-8-16/h4-15H,3H2,1-2H3,(H,21,23)/b14-9+. The van der Waals surface area contributed by atoms with E-state index in [-0.39, 0.29) is 0 Å². The first-order valence-corrected chi connectivity index (χ1v) is 8.06. The van der Waals surface area contributed by atoms with E-state index in [1.165, 1.54) is 13.0 Å². The van der Waals surface area contributed by atoms with Crippen LogP contribution in [0.2, 0.25) is 0 Å². The van der Waals surface area contributed by atoms with E-state index in [1.807, 2.05) is 37.3 Å². The molecule has 0 aromatic heterocycles. The molecule has 0 heterocycles. The number of rotatable bonds is 7. The van der Waals surface area contributed by atoms with Crippen molar-refractivity contribution in [2.24, 2.45) is 0 Å². The number of hydrogen-bond donors (Lipinski definition) is 1. The van der Waals surface area contributed by atoms with E-state index < -0.39 is 18.0 Å². The summed E-state index contributed by atoms with van der Waals surface area (Å²) in [6, 6.07) is 16.4. The van der Waals surface area contributed by atoms with E-state index >= 15 is 0 Å². The minimum Gasteiger partial charge on any atom is -0.494 e. The van der Waals surface area contributed by atoms with Gasteiger partial charge in [0.25, 0.3) is 5.91 Å². The lowest BCUT2D eigenvalue weighted by molar-refractivity contribution is -0.148. The smallest absolute Gasteiger partial charge is 0.331 e. The van der Waals surface area contributed by atoms with Gasteiger partial charge in [0, 0.05) is 11.8 Å². The van der Waals surface area contributed by atoms with E-state index in [4.69, 9.17) is 9.47 Å². The van der Waals surface area contributed by atoms with Gasteiger partial charge in [-0.05, 0) is 49.8 Å². The van der Waals surface area contributed by atoms with Crippen LogP contribution < -0.4 is 10.1 Å². The minimum atomic E-state index is -0.903. The van der Waals surface area contributed by atoms with Crippen molar-refractivity contribution in [1.82, 2.24) is 0 Å². The number of amides is 1. The number of carbonyl (C=O) groups excluding carboxylic acids is 2. The molecule has 0 aliphatic heterocycles. The van der Waals surface area contributed by atoms with E-state index in [0.717, 1.165) is 11.3 Å². The highest BCUT2D eigenvalue weighted by Crippen LogP contribution is 2.16. The lowest BCUT2D eigenvalue weighted by atomic mass is 10.2. The van der Waals surface area contributed by atoms with Crippen LogP contribution in [0.5, 0.6) is 5.75 Å². The molecule has 0 aliphatic carbocycles. The topological polar surface area (TPSA) is 64.6 Å². The lowest BCUT2D eigenvalue weighted by Crippen LogP contribution is -2.29. The number of carbonyl (C=O) groups is 2. The fraction of sp³-hybridized carbons (Fsp3) is 0.200. The molecule has 5 nitrogen and oxygen atoms in total. The maximum atomic E-state index is 12.1. The molecule has 2 aromatic rings. The Morgan fingerprint density at radius 1 is 1.08 bits per heavy atom. The molecule has 0 radical (unpaired) electrons. The van der Waals surface area contributed by atoms with Crippen molar-refractivity contribution in [3.63, 3.8) is 0 Å². The molecule has 130 valence electrons. The highest BCUT2D eigenvalue weighted by molar-refractivity contribution is 5.96. The first-order valence-electron chi connectivity index (χ1n) is 8.06. The molecule has 0 aliphatic rings. The third-order valence-electron chi connectivity index (χ3n) is 3.31. The summed E-state index contributed by atoms with van der Waals surface area (Å²) >= 11 is 0. The van der Waals surface area contributed by atoms with Crippen molar-refractivity contribution < 1.29 is 19.1 Å². The first-order chi connectivity index (χ1) is 12.1. The third kappa shape index (κ3) is 6.14. The van der Waals surface area contributed by atoms with Crippen LogP contribution in [0.1, 0.15) is 19.4 Å². The number of benzene rings is 2. The SMILES string of the molecule is CCOc1ccc(NC(=O)C(C)OC(=O)/C=C/c2ccccc2)cc1. The van der Waals surface area contributed by atoms with E-state index in [0.29, 0.717) is 12.3 Å². The van der Waals surface area contributed by atoms with Crippen molar-refractivity contribution in [1.29, 1.82) is 0 Å². The zero-order valence-corrected chi connectivity index (χ0v) is 14.3. The molecule has 0 saturated carbocycles. The normalized spacial score (nSPS) is 11.8. The van der Waals surface area contributed by atoms with Crippen molar-refractivity contribution in [3.05, 3.63) is 66.2 Å². The molecule has 1 amide bonds. The summed E-state index contributed by atoms with van der Waals surface area (Å²) in [4.78, 5) is 23.9. The molecule has 1 atom stereocenters. The van der Waals surface area contributed by atoms with Gasteiger partial charge in [0.15, 0.2) is 6.10 Å². The first kappa shape index (κ1) is 18.3. The fourth-order valence-electron chi connectivity index (χ4n) is 2.04. The molecule has 2 aromatic carbocycles. The van der Waals surface area contributed by atoms with Crippen LogP contribution in [0.4, 0.5) is 5.69 Å². The maximum Gasteiger partial charge on any atom is 0.331 e. The Bertz CT molecular complexity index is 723. The van der Waals surface area contributed by atoms with Crippen LogP contribution >= 0.6 is 0 Å². The van der Waals surface area contributed by atoms with Crippen LogP contribution in [0, 0.1) is 0 Å². The Labute approximate surface area is 147 Å². The second kappa shape index (κ2) is 9.27. The quantitative estimate of drug-likeness (QED) is 0.617. The molecule has 0 saturated heterocycles. The number of anilines is 1. The monoisotopic (exact) mass is 339 g/mol. The summed E-state index contributed by atoms with van der Waals surface area (Å²) < 4.78 is 10.4. The molecule has 25 heavy (non-hydrogen) atoms. The Morgan fingerprint density at radius 2 is 1.76 bits per heavy atom. The number of nitrogens with one attached hydrogen (secondary N) is 1. The predicted octanol–water partition coefficient (Wildman–Crippen LogP) is 3.67. The maximum absolute atomic E-state index is 12.1. The number of hydrogen-bond acceptors (Lipinski definition) is 4. The van der Waals surface area contributed by atoms with Gasteiger partial charge in [-0.25, -0.2) is 4.79 Å². The van der Waals surface area contributed by atoms with Crippen molar-refractivity contribution in [2.75, 3.05) is 11.9 Å². The molecule has 1 unspecified atom stereocenters. The van der Waals surface area contributed by atoms with Gasteiger partial charge >= 0.3 is 5.97 Å². The van der Waals surface area contributed by atoms with E-state index in [1.54, 1.807) is 30.3 Å². The molecule has 2 rings (SSSR count). The second-order valence-electron chi connectivity index (χ2n) is 5.27. The van der Waals surface area contributed by atoms with Crippen LogP contribution in [-0.2, 0) is 14.3 Å². The van der Waals surface area contributed by atoms with Gasteiger partial charge < -0.3 is 14.8 Å².